The van der Waals surface area contributed by atoms with Crippen molar-refractivity contribution in [3.8, 4) is 5.75 Å². The number of benzene rings is 1. The fourth-order valence-corrected chi connectivity index (χ4v) is 1.09. The maximum Gasteiger partial charge on any atom is 0.167 e. The van der Waals surface area contributed by atoms with Crippen molar-refractivity contribution in [3.05, 3.63) is 24.0 Å². The number of ether oxygens (including phenoxy) is 1. The van der Waals surface area contributed by atoms with Gasteiger partial charge in [0, 0.05) is 18.3 Å². The van der Waals surface area contributed by atoms with Gasteiger partial charge < -0.3 is 15.2 Å². The molecular formula is C11H16FNO2. The van der Waals surface area contributed by atoms with Crippen LogP contribution in [0.3, 0.4) is 0 Å². The predicted octanol–water partition coefficient (Wildman–Crippen LogP) is 2.02. The van der Waals surface area contributed by atoms with Crippen LogP contribution in [0, 0.1) is 5.82 Å². The van der Waals surface area contributed by atoms with Gasteiger partial charge in [0.1, 0.15) is 0 Å². The Morgan fingerprint density at radius 3 is 2.60 bits per heavy atom. The summed E-state index contributed by atoms with van der Waals surface area (Å²) in [6, 6.07) is 4.58. The first-order chi connectivity index (χ1) is 6.92. The van der Waals surface area contributed by atoms with E-state index in [-0.39, 0.29) is 5.75 Å². The van der Waals surface area contributed by atoms with Crippen LogP contribution in [-0.4, -0.2) is 24.4 Å². The van der Waals surface area contributed by atoms with Crippen LogP contribution < -0.4 is 10.1 Å². The summed E-state index contributed by atoms with van der Waals surface area (Å²) >= 11 is 0. The van der Waals surface area contributed by atoms with Crippen LogP contribution in [0.4, 0.5) is 10.1 Å². The Kier molecular flexibility index (Phi) is 3.52. The lowest BCUT2D eigenvalue weighted by Crippen LogP contribution is -2.29. The third kappa shape index (κ3) is 3.75. The van der Waals surface area contributed by atoms with Crippen molar-refractivity contribution in [2.75, 3.05) is 19.0 Å². The number of anilines is 1. The van der Waals surface area contributed by atoms with Gasteiger partial charge in [0.15, 0.2) is 11.6 Å². The fourth-order valence-electron chi connectivity index (χ4n) is 1.09. The van der Waals surface area contributed by atoms with E-state index in [2.05, 4.69) is 5.32 Å². The van der Waals surface area contributed by atoms with E-state index >= 15 is 0 Å². The fraction of sp³-hybridized carbons (Fsp3) is 0.455. The molecule has 1 aromatic carbocycles. The Morgan fingerprint density at radius 2 is 2.13 bits per heavy atom. The lowest BCUT2D eigenvalue weighted by molar-refractivity contribution is 0.0945. The number of aliphatic hydroxyl groups is 1. The van der Waals surface area contributed by atoms with Gasteiger partial charge >= 0.3 is 0 Å². The molecule has 3 nitrogen and oxygen atoms in total. The molecule has 4 heteroatoms. The summed E-state index contributed by atoms with van der Waals surface area (Å²) in [7, 11) is 1.42. The molecule has 0 aliphatic rings. The van der Waals surface area contributed by atoms with Crippen LogP contribution in [-0.2, 0) is 0 Å². The second kappa shape index (κ2) is 4.49. The van der Waals surface area contributed by atoms with E-state index in [1.165, 1.54) is 13.2 Å². The van der Waals surface area contributed by atoms with E-state index in [1.807, 2.05) is 0 Å². The van der Waals surface area contributed by atoms with Crippen molar-refractivity contribution in [2.24, 2.45) is 0 Å². The zero-order valence-electron chi connectivity index (χ0n) is 9.17. The summed E-state index contributed by atoms with van der Waals surface area (Å²) in [5.41, 5.74) is -0.202. The average molecular weight is 213 g/mol. The molecule has 0 aliphatic heterocycles. The van der Waals surface area contributed by atoms with Crippen LogP contribution in [0.1, 0.15) is 13.8 Å². The van der Waals surface area contributed by atoms with Gasteiger partial charge in [-0.15, -0.1) is 0 Å². The first kappa shape index (κ1) is 11.8. The standard InChI is InChI=1S/C11H16FNO2/c1-11(2,14)7-13-8-4-5-10(15-3)9(12)6-8/h4-6,13-14H,7H2,1-3H3. The van der Waals surface area contributed by atoms with Crippen LogP contribution >= 0.6 is 0 Å². The maximum absolute atomic E-state index is 13.2. The number of halogens is 1. The average Bonchev–Trinajstić information content (AvgIpc) is 2.14. The Balaban J connectivity index is 2.68. The summed E-state index contributed by atoms with van der Waals surface area (Å²) in [6.45, 7) is 3.72. The zero-order valence-corrected chi connectivity index (χ0v) is 9.17. The maximum atomic E-state index is 13.2. The van der Waals surface area contributed by atoms with Gasteiger partial charge in [0.05, 0.1) is 12.7 Å². The minimum absolute atomic E-state index is 0.212. The highest BCUT2D eigenvalue weighted by Crippen LogP contribution is 2.20. The van der Waals surface area contributed by atoms with Crippen molar-refractivity contribution >= 4 is 5.69 Å². The molecule has 15 heavy (non-hydrogen) atoms. The van der Waals surface area contributed by atoms with E-state index in [0.717, 1.165) is 0 Å². The summed E-state index contributed by atoms with van der Waals surface area (Å²) in [6.07, 6.45) is 0. The molecule has 1 aromatic rings. The van der Waals surface area contributed by atoms with Crippen LogP contribution in [0.25, 0.3) is 0 Å². The number of rotatable bonds is 4. The molecule has 0 fully saturated rings. The molecule has 0 aliphatic carbocycles. The van der Waals surface area contributed by atoms with Crippen molar-refractivity contribution in [1.82, 2.24) is 0 Å². The topological polar surface area (TPSA) is 41.5 Å². The molecule has 0 radical (unpaired) electrons. The van der Waals surface area contributed by atoms with Crippen LogP contribution in [0.15, 0.2) is 18.2 Å². The van der Waals surface area contributed by atoms with E-state index < -0.39 is 11.4 Å². The summed E-state index contributed by atoms with van der Waals surface area (Å²) in [5.74, 6) is -0.206. The lowest BCUT2D eigenvalue weighted by Gasteiger charge is -2.18. The van der Waals surface area contributed by atoms with Gasteiger partial charge in [-0.25, -0.2) is 4.39 Å². The van der Waals surface area contributed by atoms with E-state index in [4.69, 9.17) is 4.74 Å². The minimum Gasteiger partial charge on any atom is -0.494 e. The normalized spacial score (nSPS) is 11.3. The minimum atomic E-state index is -0.823. The van der Waals surface area contributed by atoms with E-state index in [1.54, 1.807) is 26.0 Å². The SMILES string of the molecule is COc1ccc(NCC(C)(C)O)cc1F. The molecule has 0 saturated heterocycles. The largest absolute Gasteiger partial charge is 0.494 e. The van der Waals surface area contributed by atoms with Crippen molar-refractivity contribution < 1.29 is 14.2 Å². The van der Waals surface area contributed by atoms with E-state index in [0.29, 0.717) is 12.2 Å². The third-order valence-electron chi connectivity index (χ3n) is 1.88. The highest BCUT2D eigenvalue weighted by Gasteiger charge is 2.12. The summed E-state index contributed by atoms with van der Waals surface area (Å²) in [5, 5.41) is 12.4. The molecule has 2 N–H and O–H groups in total. The van der Waals surface area contributed by atoms with Crippen LogP contribution in [0.5, 0.6) is 5.75 Å². The number of methoxy groups -OCH3 is 1. The Bertz CT molecular complexity index is 334. The first-order valence-electron chi connectivity index (χ1n) is 4.72. The van der Waals surface area contributed by atoms with Gasteiger partial charge in [-0.1, -0.05) is 0 Å². The highest BCUT2D eigenvalue weighted by atomic mass is 19.1. The Morgan fingerprint density at radius 1 is 1.47 bits per heavy atom. The lowest BCUT2D eigenvalue weighted by atomic mass is 10.1. The molecular weight excluding hydrogens is 197 g/mol. The van der Waals surface area contributed by atoms with Gasteiger partial charge in [0.2, 0.25) is 0 Å². The van der Waals surface area contributed by atoms with Crippen molar-refractivity contribution in [1.29, 1.82) is 0 Å². The number of hydrogen-bond acceptors (Lipinski definition) is 3. The third-order valence-corrected chi connectivity index (χ3v) is 1.88. The molecule has 0 spiro atoms. The number of hydrogen-bond donors (Lipinski definition) is 2. The van der Waals surface area contributed by atoms with Gasteiger partial charge in [-0.2, -0.15) is 0 Å². The molecule has 0 amide bonds. The first-order valence-corrected chi connectivity index (χ1v) is 4.72. The second-order valence-electron chi connectivity index (χ2n) is 4.02. The molecule has 0 aromatic heterocycles. The van der Waals surface area contributed by atoms with Crippen LogP contribution in [0.2, 0.25) is 0 Å². The van der Waals surface area contributed by atoms with Gasteiger partial charge in [-0.05, 0) is 26.0 Å². The zero-order chi connectivity index (χ0) is 11.5. The molecule has 0 heterocycles. The molecule has 1 rings (SSSR count). The quantitative estimate of drug-likeness (QED) is 0.804. The van der Waals surface area contributed by atoms with E-state index in [9.17, 15) is 9.50 Å². The smallest absolute Gasteiger partial charge is 0.167 e. The summed E-state index contributed by atoms with van der Waals surface area (Å²) in [4.78, 5) is 0. The predicted molar refractivity (Wildman–Crippen MR) is 57.7 cm³/mol. The Hall–Kier alpha value is -1.29. The van der Waals surface area contributed by atoms with Gasteiger partial charge in [0.25, 0.3) is 0 Å². The second-order valence-corrected chi connectivity index (χ2v) is 4.02. The molecule has 84 valence electrons. The van der Waals surface area contributed by atoms with Crippen molar-refractivity contribution in [3.63, 3.8) is 0 Å². The highest BCUT2D eigenvalue weighted by molar-refractivity contribution is 5.47. The van der Waals surface area contributed by atoms with Gasteiger partial charge in [-0.3, -0.25) is 0 Å². The molecule has 0 unspecified atom stereocenters. The molecule has 0 bridgehead atoms. The Labute approximate surface area is 88.9 Å². The summed E-state index contributed by atoms with van der Waals surface area (Å²) < 4.78 is 18.0. The molecule has 0 atom stereocenters. The monoisotopic (exact) mass is 213 g/mol. The molecule has 0 saturated carbocycles. The number of nitrogens with one attached hydrogen (secondary N) is 1. The van der Waals surface area contributed by atoms with Crippen molar-refractivity contribution in [2.45, 2.75) is 19.4 Å².